The highest BCUT2D eigenvalue weighted by Gasteiger charge is 2.30. The number of phenols is 1. The number of rotatable bonds is 3. The van der Waals surface area contributed by atoms with Crippen LogP contribution in [0.25, 0.3) is 0 Å². The van der Waals surface area contributed by atoms with Crippen molar-refractivity contribution in [3.63, 3.8) is 0 Å². The molecule has 0 saturated carbocycles. The van der Waals surface area contributed by atoms with Crippen LogP contribution in [0, 0.1) is 0 Å². The summed E-state index contributed by atoms with van der Waals surface area (Å²) in [6.07, 6.45) is 0. The molecule has 112 valence electrons. The zero-order valence-electron chi connectivity index (χ0n) is 11.9. The molecule has 0 radical (unpaired) electrons. The van der Waals surface area contributed by atoms with Gasteiger partial charge in [0.25, 0.3) is 0 Å². The smallest absolute Gasteiger partial charge is 0.337 e. The largest absolute Gasteiger partial charge is 0.504 e. The average molecular weight is 308 g/mol. The number of nitrogens with one attached hydrogen (secondary N) is 2. The van der Waals surface area contributed by atoms with E-state index in [1.54, 1.807) is 19.1 Å². The maximum Gasteiger partial charge on any atom is 0.337 e. The summed E-state index contributed by atoms with van der Waals surface area (Å²) < 4.78 is 9.92. The molecular formula is C14H16N2O4S. The van der Waals surface area contributed by atoms with Gasteiger partial charge in [0, 0.05) is 5.70 Å². The summed E-state index contributed by atoms with van der Waals surface area (Å²) in [7, 11) is 2.78. The van der Waals surface area contributed by atoms with E-state index in [4.69, 9.17) is 21.7 Å². The van der Waals surface area contributed by atoms with Crippen LogP contribution >= 0.6 is 12.2 Å². The zero-order chi connectivity index (χ0) is 15.6. The summed E-state index contributed by atoms with van der Waals surface area (Å²) in [5.74, 6) is -0.106. The van der Waals surface area contributed by atoms with Crippen molar-refractivity contribution in [1.29, 1.82) is 0 Å². The third-order valence-corrected chi connectivity index (χ3v) is 3.43. The average Bonchev–Trinajstić information content (AvgIpc) is 2.46. The number of methoxy groups -OCH3 is 2. The fraction of sp³-hybridized carbons (Fsp3) is 0.286. The number of hydrogen-bond acceptors (Lipinski definition) is 5. The van der Waals surface area contributed by atoms with Crippen LogP contribution in [0.4, 0.5) is 0 Å². The van der Waals surface area contributed by atoms with Crippen LogP contribution in [0.3, 0.4) is 0 Å². The van der Waals surface area contributed by atoms with Gasteiger partial charge in [0.05, 0.1) is 25.8 Å². The van der Waals surface area contributed by atoms with Crippen molar-refractivity contribution in [2.45, 2.75) is 13.0 Å². The van der Waals surface area contributed by atoms with Crippen molar-refractivity contribution in [2.75, 3.05) is 14.2 Å². The molecular weight excluding hydrogens is 292 g/mol. The van der Waals surface area contributed by atoms with Crippen LogP contribution < -0.4 is 15.4 Å². The van der Waals surface area contributed by atoms with Gasteiger partial charge in [-0.1, -0.05) is 6.07 Å². The van der Waals surface area contributed by atoms with E-state index in [-0.39, 0.29) is 5.75 Å². The van der Waals surface area contributed by atoms with Gasteiger partial charge in [0.15, 0.2) is 16.6 Å². The number of esters is 1. The number of hydrogen-bond donors (Lipinski definition) is 3. The predicted octanol–water partition coefficient (Wildman–Crippen LogP) is 1.37. The van der Waals surface area contributed by atoms with Crippen LogP contribution in [0.1, 0.15) is 18.5 Å². The number of benzene rings is 1. The normalized spacial score (nSPS) is 17.9. The Labute approximate surface area is 127 Å². The molecule has 1 unspecified atom stereocenters. The summed E-state index contributed by atoms with van der Waals surface area (Å²) in [5, 5.41) is 16.0. The van der Waals surface area contributed by atoms with Gasteiger partial charge in [-0.05, 0) is 36.8 Å². The number of carbonyl (C=O) groups is 1. The third-order valence-electron chi connectivity index (χ3n) is 3.21. The number of thiocarbonyl (C=S) groups is 1. The quantitative estimate of drug-likeness (QED) is 0.575. The minimum Gasteiger partial charge on any atom is -0.504 e. The second-order valence-electron chi connectivity index (χ2n) is 4.49. The molecule has 1 aliphatic rings. The van der Waals surface area contributed by atoms with Crippen molar-refractivity contribution in [2.24, 2.45) is 0 Å². The number of aromatic hydroxyl groups is 1. The van der Waals surface area contributed by atoms with Gasteiger partial charge in [-0.25, -0.2) is 4.79 Å². The van der Waals surface area contributed by atoms with Gasteiger partial charge in [-0.3, -0.25) is 0 Å². The molecule has 0 spiro atoms. The monoisotopic (exact) mass is 308 g/mol. The van der Waals surface area contributed by atoms with E-state index in [9.17, 15) is 9.90 Å². The molecule has 1 atom stereocenters. The highest BCUT2D eigenvalue weighted by molar-refractivity contribution is 7.80. The van der Waals surface area contributed by atoms with Gasteiger partial charge in [-0.2, -0.15) is 0 Å². The summed E-state index contributed by atoms with van der Waals surface area (Å²) in [6, 6.07) is 4.38. The molecule has 0 amide bonds. The predicted molar refractivity (Wildman–Crippen MR) is 81.0 cm³/mol. The lowest BCUT2D eigenvalue weighted by Crippen LogP contribution is -2.45. The first-order chi connectivity index (χ1) is 9.97. The van der Waals surface area contributed by atoms with Crippen molar-refractivity contribution >= 4 is 23.3 Å². The Morgan fingerprint density at radius 3 is 2.71 bits per heavy atom. The van der Waals surface area contributed by atoms with Crippen LogP contribution in [0.5, 0.6) is 11.5 Å². The van der Waals surface area contributed by atoms with Gasteiger partial charge >= 0.3 is 5.97 Å². The second kappa shape index (κ2) is 6.01. The molecule has 6 nitrogen and oxygen atoms in total. The Hall–Kier alpha value is -2.28. The van der Waals surface area contributed by atoms with Crippen molar-refractivity contribution in [1.82, 2.24) is 10.6 Å². The molecule has 3 N–H and O–H groups in total. The number of ether oxygens (including phenoxy) is 2. The Bertz CT molecular complexity index is 627. The highest BCUT2D eigenvalue weighted by Crippen LogP contribution is 2.33. The molecule has 7 heteroatoms. The first-order valence-corrected chi connectivity index (χ1v) is 6.62. The maximum atomic E-state index is 12.0. The minimum absolute atomic E-state index is 0.0260. The molecule has 0 aromatic heterocycles. The van der Waals surface area contributed by atoms with Gasteiger partial charge < -0.3 is 25.2 Å². The van der Waals surface area contributed by atoms with Crippen LogP contribution in [0.15, 0.2) is 29.5 Å². The Kier molecular flexibility index (Phi) is 4.32. The van der Waals surface area contributed by atoms with Gasteiger partial charge in [0.2, 0.25) is 0 Å². The summed E-state index contributed by atoms with van der Waals surface area (Å²) >= 11 is 5.13. The van der Waals surface area contributed by atoms with E-state index in [2.05, 4.69) is 10.6 Å². The van der Waals surface area contributed by atoms with E-state index in [0.29, 0.717) is 22.1 Å². The van der Waals surface area contributed by atoms with E-state index in [1.165, 1.54) is 20.3 Å². The lowest BCUT2D eigenvalue weighted by molar-refractivity contribution is -0.136. The van der Waals surface area contributed by atoms with E-state index in [0.717, 1.165) is 5.56 Å². The molecule has 1 aliphatic heterocycles. The van der Waals surface area contributed by atoms with Gasteiger partial charge in [0.1, 0.15) is 0 Å². The fourth-order valence-corrected chi connectivity index (χ4v) is 2.47. The Balaban J connectivity index is 2.51. The number of allylic oxidation sites excluding steroid dienone is 1. The number of phenolic OH excluding ortho intramolecular Hbond substituents is 1. The summed E-state index contributed by atoms with van der Waals surface area (Å²) in [6.45, 7) is 1.75. The SMILES string of the molecule is COC(=O)C1=C(C)NC(=S)NC1c1ccc(O)c(OC)c1. The third kappa shape index (κ3) is 2.92. The highest BCUT2D eigenvalue weighted by atomic mass is 32.1. The standard InChI is InChI=1S/C14H16N2O4S/c1-7-11(13(18)20-3)12(16-14(21)15-7)8-4-5-9(17)10(6-8)19-2/h4-6,12,17H,1-3H3,(H2,15,16,21). The van der Waals surface area contributed by atoms with E-state index < -0.39 is 12.0 Å². The lowest BCUT2D eigenvalue weighted by atomic mass is 9.95. The van der Waals surface area contributed by atoms with Crippen molar-refractivity contribution in [3.05, 3.63) is 35.0 Å². The summed E-state index contributed by atoms with van der Waals surface area (Å²) in [5.41, 5.74) is 1.79. The summed E-state index contributed by atoms with van der Waals surface area (Å²) in [4.78, 5) is 12.0. The lowest BCUT2D eigenvalue weighted by Gasteiger charge is -2.29. The molecule has 1 heterocycles. The molecule has 21 heavy (non-hydrogen) atoms. The molecule has 1 aromatic rings. The van der Waals surface area contributed by atoms with Crippen molar-refractivity contribution in [3.8, 4) is 11.5 Å². The first kappa shape index (κ1) is 15.1. The Morgan fingerprint density at radius 2 is 2.10 bits per heavy atom. The van der Waals surface area contributed by atoms with Crippen LogP contribution in [-0.2, 0) is 9.53 Å². The van der Waals surface area contributed by atoms with Gasteiger partial charge in [-0.15, -0.1) is 0 Å². The molecule has 1 aromatic carbocycles. The van der Waals surface area contributed by atoms with E-state index in [1.807, 2.05) is 0 Å². The first-order valence-electron chi connectivity index (χ1n) is 6.21. The minimum atomic E-state index is -0.472. The van der Waals surface area contributed by atoms with Crippen molar-refractivity contribution < 1.29 is 19.4 Å². The molecule has 0 aliphatic carbocycles. The van der Waals surface area contributed by atoms with E-state index >= 15 is 0 Å². The second-order valence-corrected chi connectivity index (χ2v) is 4.90. The van der Waals surface area contributed by atoms with Crippen LogP contribution in [0.2, 0.25) is 0 Å². The molecule has 0 fully saturated rings. The maximum absolute atomic E-state index is 12.0. The zero-order valence-corrected chi connectivity index (χ0v) is 12.7. The van der Waals surface area contributed by atoms with Crippen LogP contribution in [-0.4, -0.2) is 30.4 Å². The molecule has 0 saturated heterocycles. The molecule has 0 bridgehead atoms. The fourth-order valence-electron chi connectivity index (χ4n) is 2.20. The molecule has 2 rings (SSSR count). The number of carbonyl (C=O) groups excluding carboxylic acids is 1. The Morgan fingerprint density at radius 1 is 1.38 bits per heavy atom. The topological polar surface area (TPSA) is 79.8 Å².